The first-order valence-electron chi connectivity index (χ1n) is 7.37. The van der Waals surface area contributed by atoms with Gasteiger partial charge in [0, 0.05) is 23.2 Å². The number of rotatable bonds is 5. The van der Waals surface area contributed by atoms with Gasteiger partial charge in [-0.05, 0) is 31.5 Å². The van der Waals surface area contributed by atoms with Crippen LogP contribution in [0, 0.1) is 12.1 Å². The minimum atomic E-state index is -1.12. The van der Waals surface area contributed by atoms with Gasteiger partial charge < -0.3 is 20.0 Å². The van der Waals surface area contributed by atoms with Crippen LogP contribution < -0.4 is 14.8 Å². The van der Waals surface area contributed by atoms with Gasteiger partial charge in [-0.25, -0.2) is 4.79 Å². The number of halogens is 1. The highest BCUT2D eigenvalue weighted by atomic mass is 35.5. The average molecular weight is 365 g/mol. The Kier molecular flexibility index (Phi) is 5.82. The zero-order valence-electron chi connectivity index (χ0n) is 13.9. The van der Waals surface area contributed by atoms with E-state index in [-0.39, 0.29) is 5.69 Å². The molecule has 2 rings (SSSR count). The molecule has 1 amide bonds. The monoisotopic (exact) mass is 364 g/mol. The lowest BCUT2D eigenvalue weighted by atomic mass is 10.2. The molecule has 1 aromatic carbocycles. The number of esters is 1. The summed E-state index contributed by atoms with van der Waals surface area (Å²) in [5.74, 6) is -1.08. The number of benzene rings is 1. The number of carbonyl (C=O) groups is 2. The maximum atomic E-state index is 12.3. The number of anilines is 1. The van der Waals surface area contributed by atoms with Gasteiger partial charge in [0.25, 0.3) is 5.91 Å². The molecule has 0 aliphatic carbocycles. The lowest BCUT2D eigenvalue weighted by Gasteiger charge is -2.16. The van der Waals surface area contributed by atoms with Crippen molar-refractivity contribution in [1.82, 2.24) is 0 Å². The third-order valence-electron chi connectivity index (χ3n) is 3.42. The Morgan fingerprint density at radius 1 is 1.32 bits per heavy atom. The summed E-state index contributed by atoms with van der Waals surface area (Å²) < 4.78 is 10.6. The van der Waals surface area contributed by atoms with E-state index in [0.29, 0.717) is 21.2 Å². The number of aryl methyl sites for hydroxylation is 1. The number of amides is 1. The van der Waals surface area contributed by atoms with Gasteiger partial charge in [0.1, 0.15) is 5.75 Å². The van der Waals surface area contributed by atoms with Crippen molar-refractivity contribution >= 4 is 29.2 Å². The SMILES string of the molecule is COc1cc(Cl)c(C)cc1NC(=O)[C@@H](C)OC(=O)c1cccc[n+]1[O-]. The van der Waals surface area contributed by atoms with Gasteiger partial charge >= 0.3 is 11.7 Å². The zero-order chi connectivity index (χ0) is 18.6. The predicted octanol–water partition coefficient (Wildman–Crippen LogP) is 2.47. The van der Waals surface area contributed by atoms with Crippen LogP contribution in [0.25, 0.3) is 0 Å². The van der Waals surface area contributed by atoms with E-state index >= 15 is 0 Å². The molecule has 25 heavy (non-hydrogen) atoms. The normalized spacial score (nSPS) is 11.5. The second-order valence-electron chi connectivity index (χ2n) is 5.25. The number of aromatic nitrogens is 1. The molecule has 0 fully saturated rings. The molecule has 2 aromatic rings. The van der Waals surface area contributed by atoms with Gasteiger partial charge in [-0.2, -0.15) is 4.73 Å². The second-order valence-corrected chi connectivity index (χ2v) is 5.66. The van der Waals surface area contributed by atoms with Crippen molar-refractivity contribution in [3.63, 3.8) is 0 Å². The van der Waals surface area contributed by atoms with Gasteiger partial charge in [0.15, 0.2) is 12.3 Å². The van der Waals surface area contributed by atoms with Gasteiger partial charge in [-0.3, -0.25) is 4.79 Å². The quantitative estimate of drug-likeness (QED) is 0.500. The molecule has 132 valence electrons. The molecule has 7 nitrogen and oxygen atoms in total. The highest BCUT2D eigenvalue weighted by molar-refractivity contribution is 6.31. The van der Waals surface area contributed by atoms with E-state index in [1.807, 2.05) is 0 Å². The fraction of sp³-hybridized carbons (Fsp3) is 0.235. The molecule has 0 aliphatic rings. The molecule has 1 heterocycles. The van der Waals surface area contributed by atoms with E-state index in [4.69, 9.17) is 21.1 Å². The molecule has 1 aromatic heterocycles. The lowest BCUT2D eigenvalue weighted by molar-refractivity contribution is -0.608. The average Bonchev–Trinajstić information content (AvgIpc) is 2.58. The Bertz CT molecular complexity index is 810. The molecule has 0 saturated carbocycles. The van der Waals surface area contributed by atoms with Crippen LogP contribution in [0.5, 0.6) is 5.75 Å². The van der Waals surface area contributed by atoms with Crippen LogP contribution in [0.15, 0.2) is 36.5 Å². The number of pyridine rings is 1. The Balaban J connectivity index is 2.10. The second kappa shape index (κ2) is 7.85. The summed E-state index contributed by atoms with van der Waals surface area (Å²) in [6.45, 7) is 3.18. The third-order valence-corrected chi connectivity index (χ3v) is 3.83. The van der Waals surface area contributed by atoms with Crippen molar-refractivity contribution < 1.29 is 23.8 Å². The number of nitrogens with zero attached hydrogens (tertiary/aromatic N) is 1. The summed E-state index contributed by atoms with van der Waals surface area (Å²) in [7, 11) is 1.45. The molecule has 0 spiro atoms. The minimum Gasteiger partial charge on any atom is -0.618 e. The summed E-state index contributed by atoms with van der Waals surface area (Å²) in [6.07, 6.45) is 0.0521. The minimum absolute atomic E-state index is 0.206. The first-order valence-corrected chi connectivity index (χ1v) is 7.75. The zero-order valence-corrected chi connectivity index (χ0v) is 14.7. The predicted molar refractivity (Wildman–Crippen MR) is 91.7 cm³/mol. The van der Waals surface area contributed by atoms with Crippen molar-refractivity contribution in [2.24, 2.45) is 0 Å². The molecule has 1 N–H and O–H groups in total. The van der Waals surface area contributed by atoms with Crippen LogP contribution in [0.4, 0.5) is 5.69 Å². The Hall–Kier alpha value is -2.80. The Morgan fingerprint density at radius 3 is 2.68 bits per heavy atom. The van der Waals surface area contributed by atoms with Crippen LogP contribution in [-0.2, 0) is 9.53 Å². The van der Waals surface area contributed by atoms with E-state index < -0.39 is 18.0 Å². The molecule has 1 atom stereocenters. The highest BCUT2D eigenvalue weighted by Gasteiger charge is 2.24. The first kappa shape index (κ1) is 18.5. The van der Waals surface area contributed by atoms with E-state index in [1.54, 1.807) is 19.1 Å². The number of ether oxygens (including phenoxy) is 2. The van der Waals surface area contributed by atoms with E-state index in [0.717, 1.165) is 5.56 Å². The third kappa shape index (κ3) is 4.39. The van der Waals surface area contributed by atoms with Crippen molar-refractivity contribution in [2.75, 3.05) is 12.4 Å². The maximum absolute atomic E-state index is 12.3. The Labute approximate surface area is 149 Å². The summed E-state index contributed by atoms with van der Waals surface area (Å²) in [4.78, 5) is 24.3. The summed E-state index contributed by atoms with van der Waals surface area (Å²) >= 11 is 6.02. The largest absolute Gasteiger partial charge is 0.618 e. The smallest absolute Gasteiger partial charge is 0.405 e. The molecule has 0 saturated heterocycles. The van der Waals surface area contributed by atoms with Crippen LogP contribution in [-0.4, -0.2) is 25.1 Å². The van der Waals surface area contributed by atoms with Crippen molar-refractivity contribution in [2.45, 2.75) is 20.0 Å². The van der Waals surface area contributed by atoms with Crippen molar-refractivity contribution in [3.05, 3.63) is 58.0 Å². The summed E-state index contributed by atoms with van der Waals surface area (Å²) in [5, 5.41) is 14.7. The standard InChI is InChI=1S/C17H17ClN2O5/c1-10-8-13(15(24-3)9-12(10)18)19-16(21)11(2)25-17(22)14-6-4-5-7-20(14)23/h4-9,11H,1-3H3,(H,19,21)/t11-/m1/s1. The molecule has 0 aliphatic heterocycles. The maximum Gasteiger partial charge on any atom is 0.405 e. The number of methoxy groups -OCH3 is 1. The van der Waals surface area contributed by atoms with E-state index in [2.05, 4.69) is 5.32 Å². The number of hydrogen-bond donors (Lipinski definition) is 1. The highest BCUT2D eigenvalue weighted by Crippen LogP contribution is 2.31. The molecular weight excluding hydrogens is 348 g/mol. The lowest BCUT2D eigenvalue weighted by Crippen LogP contribution is -2.37. The van der Waals surface area contributed by atoms with E-state index in [1.165, 1.54) is 38.4 Å². The fourth-order valence-electron chi connectivity index (χ4n) is 2.02. The number of hydrogen-bond acceptors (Lipinski definition) is 5. The molecular formula is C17H17ClN2O5. The van der Waals surface area contributed by atoms with Crippen LogP contribution in [0.3, 0.4) is 0 Å². The summed E-state index contributed by atoms with van der Waals surface area (Å²) in [6, 6.07) is 7.54. The van der Waals surface area contributed by atoms with E-state index in [9.17, 15) is 14.8 Å². The van der Waals surface area contributed by atoms with Gasteiger partial charge in [-0.1, -0.05) is 11.6 Å². The van der Waals surface area contributed by atoms with Crippen molar-refractivity contribution in [3.8, 4) is 5.75 Å². The number of carbonyl (C=O) groups excluding carboxylic acids is 2. The molecule has 0 radical (unpaired) electrons. The van der Waals surface area contributed by atoms with Crippen LogP contribution in [0.2, 0.25) is 5.02 Å². The van der Waals surface area contributed by atoms with Gasteiger partial charge in [0.05, 0.1) is 12.8 Å². The van der Waals surface area contributed by atoms with Gasteiger partial charge in [-0.15, -0.1) is 0 Å². The van der Waals surface area contributed by atoms with Crippen LogP contribution >= 0.6 is 11.6 Å². The van der Waals surface area contributed by atoms with Gasteiger partial charge in [0.2, 0.25) is 0 Å². The molecule has 0 bridgehead atoms. The fourth-order valence-corrected chi connectivity index (χ4v) is 2.18. The first-order chi connectivity index (χ1) is 11.8. The Morgan fingerprint density at radius 2 is 2.04 bits per heavy atom. The van der Waals surface area contributed by atoms with Crippen molar-refractivity contribution in [1.29, 1.82) is 0 Å². The topological polar surface area (TPSA) is 91.6 Å². The molecule has 8 heteroatoms. The molecule has 0 unspecified atom stereocenters. The summed E-state index contributed by atoms with van der Waals surface area (Å²) in [5.41, 5.74) is 0.942. The number of nitrogens with one attached hydrogen (secondary N) is 1. The van der Waals surface area contributed by atoms with Crippen LogP contribution in [0.1, 0.15) is 23.0 Å².